The second kappa shape index (κ2) is 15.2. The molecule has 0 aliphatic heterocycles. The van der Waals surface area contributed by atoms with Crippen LogP contribution in [0.15, 0.2) is 18.2 Å². The molecule has 0 aromatic heterocycles. The van der Waals surface area contributed by atoms with Gasteiger partial charge in [0.05, 0.1) is 6.61 Å². The molecule has 3 atom stereocenters. The summed E-state index contributed by atoms with van der Waals surface area (Å²) >= 11 is 0. The number of carbonyl (C=O) groups is 4. The predicted molar refractivity (Wildman–Crippen MR) is 136 cm³/mol. The summed E-state index contributed by atoms with van der Waals surface area (Å²) in [6.45, 7) is 12.8. The van der Waals surface area contributed by atoms with Crippen LogP contribution in [0.4, 0.5) is 4.79 Å². The standard InChI is InChI=1S/C27H41NO9/c1-8-10-23(29)36-21-13-12-19(15-22(21)37-24(30)11-9-2)14-20(28)25(31)34-17(3)18(4)35-26(32)33-16-27(5,6)7/h12-13,15,17-18,20H,8-11,14,16,28H2,1-7H3/t17-,18-,20-/m0/s1. The van der Waals surface area contributed by atoms with Crippen molar-refractivity contribution in [1.82, 2.24) is 0 Å². The fraction of sp³-hybridized carbons (Fsp3) is 0.630. The van der Waals surface area contributed by atoms with E-state index in [4.69, 9.17) is 29.4 Å². The van der Waals surface area contributed by atoms with Crippen LogP contribution in [0.5, 0.6) is 11.5 Å². The topological polar surface area (TPSA) is 140 Å². The summed E-state index contributed by atoms with van der Waals surface area (Å²) in [6, 6.07) is 3.58. The van der Waals surface area contributed by atoms with Gasteiger partial charge in [0.2, 0.25) is 0 Å². The Balaban J connectivity index is 2.81. The van der Waals surface area contributed by atoms with E-state index >= 15 is 0 Å². The Labute approximate surface area is 219 Å². The molecule has 37 heavy (non-hydrogen) atoms. The van der Waals surface area contributed by atoms with Gasteiger partial charge in [0.25, 0.3) is 0 Å². The maximum atomic E-state index is 12.6. The normalized spacial score (nSPS) is 13.6. The van der Waals surface area contributed by atoms with E-state index < -0.39 is 42.3 Å². The Morgan fingerprint density at radius 2 is 1.41 bits per heavy atom. The molecule has 0 amide bonds. The van der Waals surface area contributed by atoms with Crippen LogP contribution >= 0.6 is 0 Å². The zero-order chi connectivity index (χ0) is 28.2. The summed E-state index contributed by atoms with van der Waals surface area (Å²) in [7, 11) is 0. The molecule has 0 unspecified atom stereocenters. The quantitative estimate of drug-likeness (QED) is 0.290. The highest BCUT2D eigenvalue weighted by Crippen LogP contribution is 2.30. The van der Waals surface area contributed by atoms with Crippen molar-refractivity contribution < 1.29 is 42.9 Å². The Bertz CT molecular complexity index is 923. The molecule has 1 rings (SSSR count). The van der Waals surface area contributed by atoms with Crippen molar-refractivity contribution in [3.8, 4) is 11.5 Å². The summed E-state index contributed by atoms with van der Waals surface area (Å²) in [6.07, 6.45) is -0.698. The monoisotopic (exact) mass is 523 g/mol. The SMILES string of the molecule is CCCC(=O)Oc1ccc(C[C@H](N)C(=O)O[C@@H](C)[C@H](C)OC(=O)OCC(C)(C)C)cc1OC(=O)CCC. The Kier molecular flexibility index (Phi) is 13.1. The number of hydrogen-bond acceptors (Lipinski definition) is 10. The van der Waals surface area contributed by atoms with Gasteiger partial charge in [0.15, 0.2) is 11.5 Å². The first-order chi connectivity index (χ1) is 17.2. The molecule has 0 radical (unpaired) electrons. The third-order valence-corrected chi connectivity index (χ3v) is 4.99. The summed E-state index contributed by atoms with van der Waals surface area (Å²) < 4.78 is 26.3. The number of carbonyl (C=O) groups excluding carboxylic acids is 4. The number of esters is 3. The zero-order valence-corrected chi connectivity index (χ0v) is 23.0. The predicted octanol–water partition coefficient (Wildman–Crippen LogP) is 4.49. The van der Waals surface area contributed by atoms with E-state index in [1.807, 2.05) is 34.6 Å². The molecule has 1 aromatic carbocycles. The molecule has 0 saturated carbocycles. The van der Waals surface area contributed by atoms with Gasteiger partial charge < -0.3 is 29.4 Å². The molecule has 10 nitrogen and oxygen atoms in total. The fourth-order valence-corrected chi connectivity index (χ4v) is 2.86. The van der Waals surface area contributed by atoms with Crippen molar-refractivity contribution in [3.05, 3.63) is 23.8 Å². The van der Waals surface area contributed by atoms with Gasteiger partial charge >= 0.3 is 24.1 Å². The van der Waals surface area contributed by atoms with Gasteiger partial charge in [-0.05, 0) is 56.2 Å². The number of ether oxygens (including phenoxy) is 5. The van der Waals surface area contributed by atoms with Crippen LogP contribution in [0.25, 0.3) is 0 Å². The van der Waals surface area contributed by atoms with Crippen LogP contribution in [0.3, 0.4) is 0 Å². The fourth-order valence-electron chi connectivity index (χ4n) is 2.86. The van der Waals surface area contributed by atoms with Crippen molar-refractivity contribution in [1.29, 1.82) is 0 Å². The summed E-state index contributed by atoms with van der Waals surface area (Å²) in [5, 5.41) is 0. The third-order valence-electron chi connectivity index (χ3n) is 4.99. The second-order valence-electron chi connectivity index (χ2n) is 10.1. The van der Waals surface area contributed by atoms with Gasteiger partial charge in [-0.2, -0.15) is 0 Å². The lowest BCUT2D eigenvalue weighted by Gasteiger charge is -2.23. The molecule has 0 aliphatic carbocycles. The molecule has 2 N–H and O–H groups in total. The Hall–Kier alpha value is -3.14. The largest absolute Gasteiger partial charge is 0.508 e. The average Bonchev–Trinajstić information content (AvgIpc) is 2.79. The minimum Gasteiger partial charge on any atom is -0.458 e. The molecule has 0 spiro atoms. The lowest BCUT2D eigenvalue weighted by atomic mass is 9.99. The highest BCUT2D eigenvalue weighted by atomic mass is 16.7. The van der Waals surface area contributed by atoms with Gasteiger partial charge in [0, 0.05) is 12.8 Å². The van der Waals surface area contributed by atoms with E-state index in [0.29, 0.717) is 18.4 Å². The molecule has 10 heteroatoms. The lowest BCUT2D eigenvalue weighted by molar-refractivity contribution is -0.155. The minimum atomic E-state index is -1.05. The van der Waals surface area contributed by atoms with E-state index in [1.54, 1.807) is 19.9 Å². The first kappa shape index (κ1) is 31.9. The summed E-state index contributed by atoms with van der Waals surface area (Å²) in [4.78, 5) is 48.4. The molecule has 0 heterocycles. The molecular weight excluding hydrogens is 482 g/mol. The Morgan fingerprint density at radius 3 is 1.95 bits per heavy atom. The van der Waals surface area contributed by atoms with Gasteiger partial charge in [-0.1, -0.05) is 40.7 Å². The van der Waals surface area contributed by atoms with Crippen molar-refractivity contribution in [2.75, 3.05) is 6.61 Å². The number of rotatable bonds is 13. The van der Waals surface area contributed by atoms with Crippen LogP contribution in [-0.4, -0.2) is 48.9 Å². The number of hydrogen-bond donors (Lipinski definition) is 1. The first-order valence-electron chi connectivity index (χ1n) is 12.6. The highest BCUT2D eigenvalue weighted by molar-refractivity contribution is 5.77. The summed E-state index contributed by atoms with van der Waals surface area (Å²) in [5.41, 5.74) is 6.41. The smallest absolute Gasteiger partial charge is 0.458 e. The third kappa shape index (κ3) is 12.6. The highest BCUT2D eigenvalue weighted by Gasteiger charge is 2.26. The van der Waals surface area contributed by atoms with Crippen LogP contribution in [0, 0.1) is 5.41 Å². The van der Waals surface area contributed by atoms with Gasteiger partial charge in [-0.25, -0.2) is 4.79 Å². The lowest BCUT2D eigenvalue weighted by Crippen LogP contribution is -2.39. The molecule has 0 aliphatic rings. The maximum Gasteiger partial charge on any atom is 0.508 e. The van der Waals surface area contributed by atoms with Crippen molar-refractivity contribution >= 4 is 24.1 Å². The van der Waals surface area contributed by atoms with Gasteiger partial charge in [-0.15, -0.1) is 0 Å². The van der Waals surface area contributed by atoms with Crippen LogP contribution < -0.4 is 15.2 Å². The second-order valence-corrected chi connectivity index (χ2v) is 10.1. The van der Waals surface area contributed by atoms with Gasteiger partial charge in [0.1, 0.15) is 18.2 Å². The molecule has 1 aromatic rings. The average molecular weight is 524 g/mol. The maximum absolute atomic E-state index is 12.6. The van der Waals surface area contributed by atoms with E-state index in [2.05, 4.69) is 0 Å². The van der Waals surface area contributed by atoms with Gasteiger partial charge in [-0.3, -0.25) is 14.4 Å². The van der Waals surface area contributed by atoms with E-state index in [-0.39, 0.29) is 42.8 Å². The van der Waals surface area contributed by atoms with Crippen LogP contribution in [0.2, 0.25) is 0 Å². The van der Waals surface area contributed by atoms with Crippen molar-refractivity contribution in [2.45, 2.75) is 98.8 Å². The Morgan fingerprint density at radius 1 is 0.865 bits per heavy atom. The number of nitrogens with two attached hydrogens (primary N) is 1. The van der Waals surface area contributed by atoms with E-state index in [0.717, 1.165) is 0 Å². The van der Waals surface area contributed by atoms with Crippen LogP contribution in [0.1, 0.15) is 79.7 Å². The molecular formula is C27H41NO9. The first-order valence-corrected chi connectivity index (χ1v) is 12.6. The zero-order valence-electron chi connectivity index (χ0n) is 23.0. The van der Waals surface area contributed by atoms with Crippen molar-refractivity contribution in [3.63, 3.8) is 0 Å². The number of benzene rings is 1. The molecule has 0 fully saturated rings. The van der Waals surface area contributed by atoms with Crippen molar-refractivity contribution in [2.24, 2.45) is 11.1 Å². The molecule has 0 saturated heterocycles. The summed E-state index contributed by atoms with van der Waals surface area (Å²) in [5.74, 6) is -1.43. The van der Waals surface area contributed by atoms with E-state index in [9.17, 15) is 19.2 Å². The minimum absolute atomic E-state index is 0.0654. The molecule has 0 bridgehead atoms. The van der Waals surface area contributed by atoms with E-state index in [1.165, 1.54) is 12.1 Å². The van der Waals surface area contributed by atoms with Crippen LogP contribution in [-0.2, 0) is 35.0 Å². The molecule has 208 valence electrons.